The minimum Gasteiger partial charge on any atom is -0.416 e. The number of hydrogen-bond donors (Lipinski definition) is 1. The fourth-order valence-electron chi connectivity index (χ4n) is 5.11. The number of nitriles is 1. The molecule has 1 aliphatic heterocycles. The predicted molar refractivity (Wildman–Crippen MR) is 182 cm³/mol. The van der Waals surface area contributed by atoms with Crippen LogP contribution < -0.4 is 10.1 Å². The molecule has 1 aliphatic rings. The maximum atomic E-state index is 12.2. The summed E-state index contributed by atoms with van der Waals surface area (Å²) in [5, 5.41) is 13.6. The Bertz CT molecular complexity index is 1630. The molecule has 0 bridgehead atoms. The molecular formula is C33H43BN7O3Si. The Morgan fingerprint density at radius 2 is 2.00 bits per heavy atom. The number of fused-ring (bicyclic) bond motifs is 1. The average molecular weight is 625 g/mol. The van der Waals surface area contributed by atoms with Crippen molar-refractivity contribution >= 4 is 45.1 Å². The fourth-order valence-corrected chi connectivity index (χ4v) is 6.22. The molecule has 0 saturated heterocycles. The third-order valence-electron chi connectivity index (χ3n) is 8.86. The number of aryl methyl sites for hydroxylation is 2. The fraction of sp³-hybridized carbons (Fsp3) is 0.455. The van der Waals surface area contributed by atoms with Gasteiger partial charge in [0.25, 0.3) is 0 Å². The second-order valence-electron chi connectivity index (χ2n) is 13.7. The Hall–Kier alpha value is -4.08. The lowest BCUT2D eigenvalue weighted by atomic mass is 9.83. The number of benzene rings is 1. The van der Waals surface area contributed by atoms with E-state index >= 15 is 0 Å². The SMILES string of the molecule is Cc1cnc(CCC(=O)N(C)C)c(Nc2nccc(-c3cc(C#N)c4c(c3)[C@@](C)(CO[Si](C)(C)C(C)(C)C)CN4[B]C=O)n2)c1. The summed E-state index contributed by atoms with van der Waals surface area (Å²) < 4.78 is 6.70. The van der Waals surface area contributed by atoms with Crippen LogP contribution >= 0.6 is 0 Å². The van der Waals surface area contributed by atoms with Crippen LogP contribution in [0, 0.1) is 18.3 Å². The molecule has 12 heteroatoms. The number of anilines is 3. The normalized spacial score (nSPS) is 16.1. The number of aromatic nitrogens is 3. The van der Waals surface area contributed by atoms with E-state index in [1.807, 2.05) is 29.9 Å². The standard InChI is InChI=1S/C33H43BN7O3Si/c1-22-14-28(27(37-18-22)10-11-29(43)40(6)7)39-31-36-13-12-26(38-31)23-15-24(17-35)30-25(16-23)33(5,19-41(30)34-21-42)20-44-45(8,9)32(2,3)4/h12-16,18,21H,10-11,19-20H2,1-9H3,(H,36,38,39)/t33-/m1/s1. The molecule has 3 aromatic rings. The van der Waals surface area contributed by atoms with Crippen LogP contribution in [0.15, 0.2) is 36.7 Å². The van der Waals surface area contributed by atoms with Gasteiger partial charge in [0.15, 0.2) is 8.32 Å². The number of nitrogens with one attached hydrogen (secondary N) is 1. The van der Waals surface area contributed by atoms with Crippen LogP contribution in [-0.2, 0) is 25.9 Å². The predicted octanol–water partition coefficient (Wildman–Crippen LogP) is 5.39. The third kappa shape index (κ3) is 7.43. The van der Waals surface area contributed by atoms with Crippen LogP contribution in [0.25, 0.3) is 11.3 Å². The summed E-state index contributed by atoms with van der Waals surface area (Å²) in [6, 6.07) is 10.00. The van der Waals surface area contributed by atoms with Gasteiger partial charge in [0, 0.05) is 69.1 Å². The van der Waals surface area contributed by atoms with E-state index in [0.717, 1.165) is 39.9 Å². The Labute approximate surface area is 268 Å². The summed E-state index contributed by atoms with van der Waals surface area (Å²) in [6.07, 6.45) is 5.02. The molecule has 235 valence electrons. The molecule has 0 unspecified atom stereocenters. The topological polar surface area (TPSA) is 124 Å². The van der Waals surface area contributed by atoms with Gasteiger partial charge in [-0.05, 0) is 60.4 Å². The Kier molecular flexibility index (Phi) is 9.85. The van der Waals surface area contributed by atoms with E-state index < -0.39 is 13.7 Å². The maximum absolute atomic E-state index is 12.2. The summed E-state index contributed by atoms with van der Waals surface area (Å²) in [5.74, 6) is 0.400. The van der Waals surface area contributed by atoms with Crippen molar-refractivity contribution in [1.82, 2.24) is 19.9 Å². The highest BCUT2D eigenvalue weighted by Crippen LogP contribution is 2.46. The zero-order chi connectivity index (χ0) is 33.2. The lowest BCUT2D eigenvalue weighted by molar-refractivity contribution is -0.128. The molecule has 0 saturated carbocycles. The molecule has 10 nitrogen and oxygen atoms in total. The van der Waals surface area contributed by atoms with Gasteiger partial charge in [-0.1, -0.05) is 27.7 Å². The highest BCUT2D eigenvalue weighted by Gasteiger charge is 2.44. The van der Waals surface area contributed by atoms with Crippen molar-refractivity contribution in [1.29, 1.82) is 5.26 Å². The lowest BCUT2D eigenvalue weighted by Gasteiger charge is -2.39. The van der Waals surface area contributed by atoms with Crippen molar-refractivity contribution < 1.29 is 14.0 Å². The zero-order valence-electron chi connectivity index (χ0n) is 27.9. The number of amides is 1. The van der Waals surface area contributed by atoms with Gasteiger partial charge in [0.05, 0.1) is 22.6 Å². The molecule has 2 aromatic heterocycles. The zero-order valence-corrected chi connectivity index (χ0v) is 28.9. The number of rotatable bonds is 11. The molecule has 3 heterocycles. The van der Waals surface area contributed by atoms with Gasteiger partial charge in [0.1, 0.15) is 12.3 Å². The number of hydrogen-bond acceptors (Lipinski definition) is 9. The van der Waals surface area contributed by atoms with Crippen molar-refractivity contribution in [3.8, 4) is 17.3 Å². The highest BCUT2D eigenvalue weighted by atomic mass is 28.4. The van der Waals surface area contributed by atoms with Crippen molar-refractivity contribution in [2.24, 2.45) is 0 Å². The van der Waals surface area contributed by atoms with Crippen molar-refractivity contribution in [2.45, 2.75) is 71.0 Å². The van der Waals surface area contributed by atoms with E-state index in [1.165, 1.54) is 7.41 Å². The summed E-state index contributed by atoms with van der Waals surface area (Å²) in [7, 11) is 2.90. The largest absolute Gasteiger partial charge is 0.416 e. The van der Waals surface area contributed by atoms with Gasteiger partial charge in [-0.2, -0.15) is 5.26 Å². The average Bonchev–Trinajstić information content (AvgIpc) is 3.26. The van der Waals surface area contributed by atoms with Gasteiger partial charge in [-0.3, -0.25) is 9.78 Å². The Balaban J connectivity index is 1.71. The molecule has 1 N–H and O–H groups in total. The first-order chi connectivity index (χ1) is 21.1. The second-order valence-corrected chi connectivity index (χ2v) is 18.5. The molecule has 1 atom stereocenters. The quantitative estimate of drug-likeness (QED) is 0.221. The van der Waals surface area contributed by atoms with E-state index in [2.05, 4.69) is 68.2 Å². The molecule has 0 fully saturated rings. The van der Waals surface area contributed by atoms with Gasteiger partial charge in [-0.25, -0.2) is 9.97 Å². The molecule has 4 rings (SSSR count). The summed E-state index contributed by atoms with van der Waals surface area (Å²) in [6.45, 7) is 16.1. The second kappa shape index (κ2) is 13.1. The van der Waals surface area contributed by atoms with Crippen LogP contribution in [0.4, 0.5) is 17.3 Å². The summed E-state index contributed by atoms with van der Waals surface area (Å²) >= 11 is 0. The first-order valence-electron chi connectivity index (χ1n) is 15.1. The van der Waals surface area contributed by atoms with E-state index in [-0.39, 0.29) is 10.9 Å². The van der Waals surface area contributed by atoms with Crippen LogP contribution in [0.5, 0.6) is 0 Å². The highest BCUT2D eigenvalue weighted by molar-refractivity contribution is 6.74. The van der Waals surface area contributed by atoms with E-state index in [4.69, 9.17) is 9.41 Å². The number of carbonyl (C=O) groups excluding carboxylic acids is 2. The number of nitrogens with zero attached hydrogens (tertiary/aromatic N) is 6. The van der Waals surface area contributed by atoms with Gasteiger partial charge >= 0.3 is 7.41 Å². The van der Waals surface area contributed by atoms with Crippen LogP contribution in [0.1, 0.15) is 56.5 Å². The summed E-state index contributed by atoms with van der Waals surface area (Å²) in [4.78, 5) is 41.1. The van der Waals surface area contributed by atoms with Crippen molar-refractivity contribution in [3.63, 3.8) is 0 Å². The Morgan fingerprint density at radius 1 is 1.27 bits per heavy atom. The van der Waals surface area contributed by atoms with Crippen molar-refractivity contribution in [2.75, 3.05) is 37.4 Å². The molecule has 0 spiro atoms. The summed E-state index contributed by atoms with van der Waals surface area (Å²) in [5.41, 5.74) is 5.52. The molecule has 1 amide bonds. The molecule has 45 heavy (non-hydrogen) atoms. The first-order valence-corrected chi connectivity index (χ1v) is 18.0. The number of pyridine rings is 1. The molecule has 1 aromatic carbocycles. The lowest BCUT2D eigenvalue weighted by Crippen LogP contribution is -2.46. The van der Waals surface area contributed by atoms with Crippen molar-refractivity contribution in [3.05, 3.63) is 59.0 Å². The van der Waals surface area contributed by atoms with Gasteiger partial charge in [-0.15, -0.1) is 0 Å². The minimum atomic E-state index is -2.07. The first kappa shape index (κ1) is 33.8. The third-order valence-corrected chi connectivity index (χ3v) is 13.3. The minimum absolute atomic E-state index is 0.0255. The van der Waals surface area contributed by atoms with E-state index in [1.54, 1.807) is 31.4 Å². The maximum Gasteiger partial charge on any atom is 0.329 e. The monoisotopic (exact) mass is 624 g/mol. The van der Waals surface area contributed by atoms with Crippen LogP contribution in [0.3, 0.4) is 0 Å². The molecular weight excluding hydrogens is 581 g/mol. The van der Waals surface area contributed by atoms with E-state index in [0.29, 0.717) is 43.2 Å². The van der Waals surface area contributed by atoms with Gasteiger partial charge in [0.2, 0.25) is 11.9 Å². The number of carbonyl (C=O) groups is 2. The van der Waals surface area contributed by atoms with Gasteiger partial charge < -0.3 is 24.2 Å². The molecule has 0 aliphatic carbocycles. The van der Waals surface area contributed by atoms with E-state index in [9.17, 15) is 14.9 Å². The van der Waals surface area contributed by atoms with Crippen LogP contribution in [-0.4, -0.2) is 74.9 Å². The van der Waals surface area contributed by atoms with Crippen LogP contribution in [0.2, 0.25) is 18.1 Å². The molecule has 1 radical (unpaired) electrons. The Morgan fingerprint density at radius 3 is 2.64 bits per heavy atom. The smallest absolute Gasteiger partial charge is 0.329 e.